The molecule has 4 amide bonds. The molecular formula is C68H85N7O9. The lowest BCUT2D eigenvalue weighted by Crippen LogP contribution is -2.63. The van der Waals surface area contributed by atoms with Crippen molar-refractivity contribution in [1.29, 1.82) is 0 Å². The zero-order chi connectivity index (χ0) is 59.1. The van der Waals surface area contributed by atoms with E-state index in [1.54, 1.807) is 17.3 Å². The Hall–Kier alpha value is -7.01. The van der Waals surface area contributed by atoms with E-state index < -0.39 is 60.1 Å². The summed E-state index contributed by atoms with van der Waals surface area (Å²) in [5, 5.41) is 49.4. The number of hydrogen-bond donors (Lipinski definition) is 7. The highest BCUT2D eigenvalue weighted by Crippen LogP contribution is 2.68. The predicted molar refractivity (Wildman–Crippen MR) is 320 cm³/mol. The fourth-order valence-electron chi connectivity index (χ4n) is 16.3. The van der Waals surface area contributed by atoms with Crippen molar-refractivity contribution in [1.82, 2.24) is 25.5 Å². The molecule has 7 N–H and O–H groups in total. The van der Waals surface area contributed by atoms with Crippen LogP contribution >= 0.6 is 0 Å². The van der Waals surface area contributed by atoms with Gasteiger partial charge in [-0.25, -0.2) is 4.98 Å². The number of rotatable bonds is 21. The lowest BCUT2D eigenvalue weighted by Gasteiger charge is -2.63. The number of benzene rings is 3. The first-order valence-corrected chi connectivity index (χ1v) is 30.6. The highest BCUT2D eigenvalue weighted by Gasteiger charge is 2.66. The number of anilines is 2. The van der Waals surface area contributed by atoms with Gasteiger partial charge in [0.15, 0.2) is 0 Å². The average Bonchev–Trinajstić information content (AvgIpc) is 1.38. The quantitative estimate of drug-likeness (QED) is 0.0341. The summed E-state index contributed by atoms with van der Waals surface area (Å²) in [5.41, 5.74) is 2.81. The molecule has 84 heavy (non-hydrogen) atoms. The van der Waals surface area contributed by atoms with E-state index in [0.717, 1.165) is 31.2 Å². The second-order valence-corrected chi connectivity index (χ2v) is 25.3. The number of nitrogens with one attached hydrogen (secondary N) is 4. The number of nitrogens with zero attached hydrogens (tertiary/aromatic N) is 3. The highest BCUT2D eigenvalue weighted by atomic mass is 16.5. The third-order valence-electron chi connectivity index (χ3n) is 20.7. The van der Waals surface area contributed by atoms with Crippen LogP contribution in [-0.2, 0) is 35.1 Å². The van der Waals surface area contributed by atoms with Gasteiger partial charge in [-0.2, -0.15) is 0 Å². The molecule has 16 atom stereocenters. The van der Waals surface area contributed by atoms with Crippen LogP contribution in [0.2, 0.25) is 0 Å². The Bertz CT molecular complexity index is 3050. The number of para-hydroxylation sites is 1. The molecule has 16 nitrogen and oxygen atoms in total. The van der Waals surface area contributed by atoms with Crippen LogP contribution in [0.5, 0.6) is 0 Å². The van der Waals surface area contributed by atoms with Gasteiger partial charge in [0, 0.05) is 62.0 Å². The van der Waals surface area contributed by atoms with Gasteiger partial charge < -0.3 is 46.2 Å². The van der Waals surface area contributed by atoms with Gasteiger partial charge in [0.25, 0.3) is 0 Å². The molecule has 4 aliphatic carbocycles. The summed E-state index contributed by atoms with van der Waals surface area (Å²) in [6.07, 6.45) is 8.78. The number of pyridine rings is 2. The normalized spacial score (nSPS) is 28.8. The Morgan fingerprint density at radius 3 is 2.19 bits per heavy atom. The number of ether oxygens (including phenoxy) is 1. The smallest absolute Gasteiger partial charge is 0.305 e. The first-order chi connectivity index (χ1) is 40.6. The Balaban J connectivity index is 0.787. The van der Waals surface area contributed by atoms with Gasteiger partial charge in [-0.15, -0.1) is 0 Å². The molecule has 5 aliphatic rings. The van der Waals surface area contributed by atoms with E-state index in [2.05, 4.69) is 47.0 Å². The predicted octanol–water partition coefficient (Wildman–Crippen LogP) is 9.26. The monoisotopic (exact) mass is 1140 g/mol. The number of likely N-dealkylation sites (tertiary alicyclic amines) is 1. The van der Waals surface area contributed by atoms with Crippen LogP contribution in [0, 0.1) is 46.3 Å². The highest BCUT2D eigenvalue weighted by molar-refractivity contribution is 5.99. The fourth-order valence-corrected chi connectivity index (χ4v) is 16.3. The molecule has 10 rings (SSSR count). The summed E-state index contributed by atoms with van der Waals surface area (Å²) in [4.78, 5) is 80.3. The van der Waals surface area contributed by atoms with Crippen LogP contribution in [0.3, 0.4) is 0 Å². The summed E-state index contributed by atoms with van der Waals surface area (Å²) in [6.45, 7) is 7.06. The van der Waals surface area contributed by atoms with Crippen molar-refractivity contribution in [2.24, 2.45) is 46.3 Å². The number of carbonyl (C=O) groups is 5. The molecule has 5 fully saturated rings. The summed E-state index contributed by atoms with van der Waals surface area (Å²) < 4.78 is 4.93. The first-order valence-electron chi connectivity index (χ1n) is 30.6. The first kappa shape index (κ1) is 60.1. The van der Waals surface area contributed by atoms with Crippen LogP contribution in [-0.4, -0.2) is 104 Å². The van der Waals surface area contributed by atoms with Gasteiger partial charge in [0.2, 0.25) is 23.6 Å². The molecule has 0 bridgehead atoms. The summed E-state index contributed by atoms with van der Waals surface area (Å²) in [7, 11) is 1.42. The lowest BCUT2D eigenvalue weighted by atomic mass is 9.43. The fraction of sp³-hybridized carbons (Fsp3) is 0.515. The van der Waals surface area contributed by atoms with Crippen molar-refractivity contribution in [2.45, 2.75) is 159 Å². The molecule has 2 aromatic heterocycles. The van der Waals surface area contributed by atoms with Gasteiger partial charge in [-0.1, -0.05) is 112 Å². The molecule has 2 unspecified atom stereocenters. The maximum Gasteiger partial charge on any atom is 0.305 e. The van der Waals surface area contributed by atoms with Crippen LogP contribution in [0.1, 0.15) is 145 Å². The Morgan fingerprint density at radius 1 is 0.762 bits per heavy atom. The number of fused-ring (bicyclic) bond motifs is 5. The van der Waals surface area contributed by atoms with Crippen molar-refractivity contribution < 1.29 is 44.0 Å². The minimum absolute atomic E-state index is 0.0779. The Morgan fingerprint density at radius 2 is 1.46 bits per heavy atom. The van der Waals surface area contributed by atoms with E-state index in [9.17, 15) is 39.3 Å². The standard InChI is InChI=1S/C68H85N7O9/c1-42(27-32-60(80)84-4)48-28-29-49-61-50(41-56(77)68(48,49)3)67(2)34-33-46(39-45(67)40-55(61)76)71-58(78)30-31-59(79)72-53(38-43-18-7-5-8-19-43)66(83)75-37-17-25-54(75)65(82)73-51-23-12-11-22-47(51)63(74-57-26-14-16-36-70-57)62(52-24-13-15-35-69-52)64(81)44-20-9-6-10-21-44/h5-16,18-24,26,35-36,42,45-46,48-50,53-56,61-64,76-77,81H,17,25,27-34,37-41H2,1-4H3,(H,70,74)(H,71,78)(H,72,79)(H,73,82)/t42?,45-,46-,48?,49-,50-,53-,54-,55+,56-,61-,62-,63+,64+,67-,68+/m0/s1. The SMILES string of the molecule is COC(=O)CCC(C)C1CC[C@H]2[C@@H]3[C@H](O)C[C@@H]4C[C@@H](NC(=O)CCC(=O)N[C@@H](Cc5ccccc5)C(=O)N5CCC[C@H]5C(=O)Nc5ccccc5[C@@H](Nc5ccccn5)[C@H](c5ccccn5)[C@H](O)c5ccccc5)CC[C@]4(C)[C@H]3C[C@H](O)[C@]12C. The number of methoxy groups -OCH3 is 1. The largest absolute Gasteiger partial charge is 0.469 e. The van der Waals surface area contributed by atoms with E-state index in [4.69, 9.17) is 9.72 Å². The summed E-state index contributed by atoms with van der Waals surface area (Å²) >= 11 is 0. The van der Waals surface area contributed by atoms with E-state index in [-0.39, 0.29) is 83.5 Å². The third-order valence-corrected chi connectivity index (χ3v) is 20.7. The molecule has 3 heterocycles. The molecular weight excluding hydrogens is 1060 g/mol. The van der Waals surface area contributed by atoms with Gasteiger partial charge >= 0.3 is 5.97 Å². The number of aliphatic hydroxyl groups is 3. The van der Waals surface area contributed by atoms with Crippen LogP contribution in [0.4, 0.5) is 11.5 Å². The molecule has 1 aliphatic heterocycles. The minimum atomic E-state index is -1.04. The van der Waals surface area contributed by atoms with Gasteiger partial charge in [0.1, 0.15) is 17.9 Å². The molecule has 446 valence electrons. The lowest BCUT2D eigenvalue weighted by molar-refractivity contribution is -0.202. The molecule has 0 spiro atoms. The number of amides is 4. The van der Waals surface area contributed by atoms with Gasteiger partial charge in [0.05, 0.1) is 37.4 Å². The number of carbonyl (C=O) groups excluding carboxylic acids is 5. The second kappa shape index (κ2) is 26.5. The van der Waals surface area contributed by atoms with Crippen molar-refractivity contribution >= 4 is 41.1 Å². The van der Waals surface area contributed by atoms with Gasteiger partial charge in [-0.05, 0) is 158 Å². The number of esters is 1. The van der Waals surface area contributed by atoms with Gasteiger partial charge in [-0.3, -0.25) is 29.0 Å². The number of aliphatic hydroxyl groups excluding tert-OH is 3. The second-order valence-electron chi connectivity index (χ2n) is 25.3. The van der Waals surface area contributed by atoms with Crippen LogP contribution < -0.4 is 21.3 Å². The minimum Gasteiger partial charge on any atom is -0.469 e. The zero-order valence-electron chi connectivity index (χ0n) is 49.0. The average molecular weight is 1140 g/mol. The van der Waals surface area contributed by atoms with Crippen molar-refractivity contribution in [3.05, 3.63) is 156 Å². The molecule has 1 saturated heterocycles. The van der Waals surface area contributed by atoms with Crippen molar-refractivity contribution in [2.75, 3.05) is 24.3 Å². The molecule has 3 aromatic carbocycles. The van der Waals surface area contributed by atoms with Crippen molar-refractivity contribution in [3.8, 4) is 0 Å². The molecule has 16 heteroatoms. The molecule has 5 aromatic rings. The van der Waals surface area contributed by atoms with E-state index in [0.29, 0.717) is 79.8 Å². The topological polar surface area (TPSA) is 232 Å². The molecule has 0 radical (unpaired) electrons. The number of aromatic nitrogens is 2. The zero-order valence-corrected chi connectivity index (χ0v) is 49.0. The Kier molecular flexibility index (Phi) is 19.0. The van der Waals surface area contributed by atoms with Crippen molar-refractivity contribution in [3.63, 3.8) is 0 Å². The van der Waals surface area contributed by atoms with Crippen LogP contribution in [0.15, 0.2) is 134 Å². The third kappa shape index (κ3) is 12.8. The maximum absolute atomic E-state index is 14.9. The van der Waals surface area contributed by atoms with Crippen LogP contribution in [0.25, 0.3) is 0 Å². The Labute approximate surface area is 494 Å². The molecule has 4 saturated carbocycles. The number of hydrogen-bond acceptors (Lipinski definition) is 12. The van der Waals surface area contributed by atoms with E-state index in [1.165, 1.54) is 7.11 Å². The summed E-state index contributed by atoms with van der Waals surface area (Å²) in [5.74, 6) is -0.792. The van der Waals surface area contributed by atoms with E-state index in [1.807, 2.05) is 121 Å². The van der Waals surface area contributed by atoms with E-state index >= 15 is 0 Å². The maximum atomic E-state index is 14.9. The summed E-state index contributed by atoms with van der Waals surface area (Å²) in [6, 6.07) is 34.6.